The van der Waals surface area contributed by atoms with E-state index in [1.54, 1.807) is 12.1 Å². The van der Waals surface area contributed by atoms with E-state index in [0.29, 0.717) is 12.1 Å². The van der Waals surface area contributed by atoms with Crippen LogP contribution in [0, 0.1) is 18.3 Å². The first-order valence-electron chi connectivity index (χ1n) is 7.77. The van der Waals surface area contributed by atoms with Crippen molar-refractivity contribution in [1.29, 1.82) is 5.26 Å². The number of aromatic nitrogens is 2. The fourth-order valence-electron chi connectivity index (χ4n) is 2.34. The molecule has 0 bridgehead atoms. The zero-order chi connectivity index (χ0) is 17.6. The predicted octanol–water partition coefficient (Wildman–Crippen LogP) is 3.74. The van der Waals surface area contributed by atoms with Crippen LogP contribution in [0.2, 0.25) is 0 Å². The van der Waals surface area contributed by atoms with Gasteiger partial charge in [0.2, 0.25) is 5.91 Å². The molecule has 0 saturated carbocycles. The summed E-state index contributed by atoms with van der Waals surface area (Å²) in [4.78, 5) is 21.2. The number of amides is 1. The van der Waals surface area contributed by atoms with Crippen molar-refractivity contribution in [3.8, 4) is 6.07 Å². The maximum absolute atomic E-state index is 12.1. The number of para-hydroxylation sites is 2. The van der Waals surface area contributed by atoms with Gasteiger partial charge in [0.05, 0.1) is 35.0 Å². The smallest absolute Gasteiger partial charge is 0.234 e. The number of carbonyl (C=O) groups is 1. The fraction of sp³-hybridized carbons (Fsp3) is 0.158. The first kappa shape index (κ1) is 16.9. The van der Waals surface area contributed by atoms with Crippen LogP contribution in [0.4, 0.5) is 5.69 Å². The van der Waals surface area contributed by atoms with Gasteiger partial charge < -0.3 is 5.32 Å². The molecule has 3 aromatic rings. The van der Waals surface area contributed by atoms with Crippen molar-refractivity contribution >= 4 is 34.4 Å². The second-order valence-corrected chi connectivity index (χ2v) is 6.44. The van der Waals surface area contributed by atoms with Gasteiger partial charge >= 0.3 is 0 Å². The van der Waals surface area contributed by atoms with E-state index in [-0.39, 0.29) is 11.7 Å². The van der Waals surface area contributed by atoms with Gasteiger partial charge in [0.15, 0.2) is 0 Å². The first-order chi connectivity index (χ1) is 12.2. The summed E-state index contributed by atoms with van der Waals surface area (Å²) >= 11 is 1.37. The predicted molar refractivity (Wildman–Crippen MR) is 99.4 cm³/mol. The van der Waals surface area contributed by atoms with Gasteiger partial charge in [0.1, 0.15) is 5.03 Å². The summed E-state index contributed by atoms with van der Waals surface area (Å²) in [5, 5.41) is 12.3. The second-order valence-electron chi connectivity index (χ2n) is 5.47. The Morgan fingerprint density at radius 3 is 2.48 bits per heavy atom. The van der Waals surface area contributed by atoms with Crippen LogP contribution in [0.15, 0.2) is 53.6 Å². The van der Waals surface area contributed by atoms with Crippen LogP contribution < -0.4 is 5.32 Å². The monoisotopic (exact) mass is 348 g/mol. The molecule has 0 fully saturated rings. The number of benzene rings is 2. The average Bonchev–Trinajstić information content (AvgIpc) is 2.62. The molecule has 0 aliphatic rings. The van der Waals surface area contributed by atoms with E-state index in [1.165, 1.54) is 11.8 Å². The minimum absolute atomic E-state index is 0.104. The highest BCUT2D eigenvalue weighted by molar-refractivity contribution is 8.00. The summed E-state index contributed by atoms with van der Waals surface area (Å²) in [5.74, 6) is 0.153. The quantitative estimate of drug-likeness (QED) is 0.711. The highest BCUT2D eigenvalue weighted by Crippen LogP contribution is 2.22. The van der Waals surface area contributed by atoms with Crippen LogP contribution in [0.25, 0.3) is 11.0 Å². The molecule has 1 N–H and O–H groups in total. The van der Waals surface area contributed by atoms with Gasteiger partial charge in [-0.25, -0.2) is 9.97 Å². The number of nitrogens with zero attached hydrogens (tertiary/aromatic N) is 3. The molecule has 1 aromatic heterocycles. The van der Waals surface area contributed by atoms with Gasteiger partial charge in [-0.05, 0) is 36.8 Å². The lowest BCUT2D eigenvalue weighted by molar-refractivity contribution is -0.113. The van der Waals surface area contributed by atoms with Gasteiger partial charge in [-0.2, -0.15) is 5.26 Å². The van der Waals surface area contributed by atoms with E-state index in [1.807, 2.05) is 43.3 Å². The third-order valence-electron chi connectivity index (χ3n) is 3.56. The van der Waals surface area contributed by atoms with Gasteiger partial charge in [-0.15, -0.1) is 0 Å². The van der Waals surface area contributed by atoms with E-state index in [4.69, 9.17) is 5.26 Å². The van der Waals surface area contributed by atoms with Crippen molar-refractivity contribution in [2.24, 2.45) is 0 Å². The Hall–Kier alpha value is -2.91. The average molecular weight is 348 g/mol. The summed E-state index contributed by atoms with van der Waals surface area (Å²) in [6.07, 6.45) is 0.365. The van der Waals surface area contributed by atoms with Crippen molar-refractivity contribution in [3.63, 3.8) is 0 Å². The number of nitriles is 1. The lowest BCUT2D eigenvalue weighted by Gasteiger charge is -2.07. The van der Waals surface area contributed by atoms with E-state index in [9.17, 15) is 4.79 Å². The standard InChI is InChI=1S/C19H16N4OS/c1-13-19(23-17-5-3-2-4-16(17)21-13)25-12-18(24)22-15-8-6-14(7-9-15)10-11-20/h2-9H,10,12H2,1H3,(H,22,24). The Bertz CT molecular complexity index is 948. The number of aryl methyl sites for hydroxylation is 1. The number of fused-ring (bicyclic) bond motifs is 1. The van der Waals surface area contributed by atoms with Crippen molar-refractivity contribution in [1.82, 2.24) is 9.97 Å². The van der Waals surface area contributed by atoms with Crippen LogP contribution in [0.5, 0.6) is 0 Å². The van der Waals surface area contributed by atoms with Gasteiger partial charge in [0, 0.05) is 5.69 Å². The third-order valence-corrected chi connectivity index (χ3v) is 4.63. The van der Waals surface area contributed by atoms with Gasteiger partial charge in [-0.1, -0.05) is 36.0 Å². The minimum Gasteiger partial charge on any atom is -0.325 e. The van der Waals surface area contributed by atoms with Crippen LogP contribution in [-0.4, -0.2) is 21.6 Å². The van der Waals surface area contributed by atoms with Crippen LogP contribution in [-0.2, 0) is 11.2 Å². The molecule has 3 rings (SSSR count). The zero-order valence-corrected chi connectivity index (χ0v) is 14.5. The Morgan fingerprint density at radius 1 is 1.12 bits per heavy atom. The maximum atomic E-state index is 12.1. The Balaban J connectivity index is 1.62. The Kier molecular flexibility index (Phi) is 5.26. The van der Waals surface area contributed by atoms with Crippen molar-refractivity contribution in [2.75, 3.05) is 11.1 Å². The van der Waals surface area contributed by atoms with Crippen molar-refractivity contribution in [3.05, 3.63) is 59.8 Å². The lowest BCUT2D eigenvalue weighted by atomic mass is 10.1. The highest BCUT2D eigenvalue weighted by atomic mass is 32.2. The van der Waals surface area contributed by atoms with Crippen LogP contribution in [0.1, 0.15) is 11.3 Å². The summed E-state index contributed by atoms with van der Waals surface area (Å²) in [7, 11) is 0. The summed E-state index contributed by atoms with van der Waals surface area (Å²) in [6, 6.07) is 17.1. The topological polar surface area (TPSA) is 78.7 Å². The molecule has 2 aromatic carbocycles. The molecule has 0 aliphatic carbocycles. The largest absolute Gasteiger partial charge is 0.325 e. The zero-order valence-electron chi connectivity index (χ0n) is 13.7. The van der Waals surface area contributed by atoms with E-state index < -0.39 is 0 Å². The molecule has 0 unspecified atom stereocenters. The SMILES string of the molecule is Cc1nc2ccccc2nc1SCC(=O)Nc1ccc(CC#N)cc1. The number of rotatable bonds is 5. The first-order valence-corrected chi connectivity index (χ1v) is 8.76. The molecule has 25 heavy (non-hydrogen) atoms. The molecule has 5 nitrogen and oxygen atoms in total. The summed E-state index contributed by atoms with van der Waals surface area (Å²) in [6.45, 7) is 1.90. The Labute approximate surface area is 150 Å². The molecule has 1 heterocycles. The fourth-order valence-corrected chi connectivity index (χ4v) is 3.09. The number of carbonyl (C=O) groups excluding carboxylic acids is 1. The normalized spacial score (nSPS) is 10.4. The number of nitrogens with one attached hydrogen (secondary N) is 1. The number of hydrogen-bond donors (Lipinski definition) is 1. The summed E-state index contributed by atoms with van der Waals surface area (Å²) in [5.41, 5.74) is 4.14. The third kappa shape index (κ3) is 4.34. The molecule has 1 amide bonds. The summed E-state index contributed by atoms with van der Waals surface area (Å²) < 4.78 is 0. The maximum Gasteiger partial charge on any atom is 0.234 e. The molecule has 6 heteroatoms. The number of thioether (sulfide) groups is 1. The second kappa shape index (κ2) is 7.77. The van der Waals surface area contributed by atoms with Crippen molar-refractivity contribution < 1.29 is 4.79 Å². The Morgan fingerprint density at radius 2 is 1.80 bits per heavy atom. The van der Waals surface area contributed by atoms with E-state index in [2.05, 4.69) is 21.4 Å². The van der Waals surface area contributed by atoms with Crippen LogP contribution >= 0.6 is 11.8 Å². The molecule has 0 atom stereocenters. The molecule has 124 valence electrons. The van der Waals surface area contributed by atoms with Gasteiger partial charge in [-0.3, -0.25) is 4.79 Å². The molecule has 0 radical (unpaired) electrons. The minimum atomic E-state index is -0.104. The molecule has 0 aliphatic heterocycles. The molecular formula is C19H16N4OS. The molecule has 0 spiro atoms. The highest BCUT2D eigenvalue weighted by Gasteiger charge is 2.09. The van der Waals surface area contributed by atoms with Crippen LogP contribution in [0.3, 0.4) is 0 Å². The van der Waals surface area contributed by atoms with Crippen molar-refractivity contribution in [2.45, 2.75) is 18.4 Å². The van der Waals surface area contributed by atoms with E-state index >= 15 is 0 Å². The lowest BCUT2D eigenvalue weighted by Crippen LogP contribution is -2.14. The van der Waals surface area contributed by atoms with E-state index in [0.717, 1.165) is 27.3 Å². The number of anilines is 1. The molecular weight excluding hydrogens is 332 g/mol. The van der Waals surface area contributed by atoms with Gasteiger partial charge in [0.25, 0.3) is 0 Å². The number of hydrogen-bond acceptors (Lipinski definition) is 5. The molecule has 0 saturated heterocycles.